The highest BCUT2D eigenvalue weighted by Gasteiger charge is 2.16. The summed E-state index contributed by atoms with van der Waals surface area (Å²) >= 11 is 0. The van der Waals surface area contributed by atoms with E-state index in [0.717, 1.165) is 51.9 Å². The molecule has 0 saturated carbocycles. The highest BCUT2D eigenvalue weighted by molar-refractivity contribution is 5.92. The summed E-state index contributed by atoms with van der Waals surface area (Å²) in [4.78, 5) is 25.9. The van der Waals surface area contributed by atoms with Crippen molar-refractivity contribution in [3.05, 3.63) is 24.8 Å². The first-order valence-corrected chi connectivity index (χ1v) is 7.42. The summed E-state index contributed by atoms with van der Waals surface area (Å²) in [5.74, 6) is 0.206. The van der Waals surface area contributed by atoms with Gasteiger partial charge in [-0.25, -0.2) is 0 Å². The fourth-order valence-electron chi connectivity index (χ4n) is 2.43. The lowest BCUT2D eigenvalue weighted by atomic mass is 10.1. The molecule has 0 aromatic carbocycles. The Morgan fingerprint density at radius 2 is 1.35 bits per heavy atom. The third-order valence-corrected chi connectivity index (χ3v) is 3.60. The van der Waals surface area contributed by atoms with Gasteiger partial charge in [-0.1, -0.05) is 13.2 Å². The molecular weight excluding hydrogens is 252 g/mol. The second-order valence-electron chi connectivity index (χ2n) is 5.37. The van der Waals surface area contributed by atoms with E-state index in [0.29, 0.717) is 5.57 Å². The van der Waals surface area contributed by atoms with Crippen LogP contribution in [-0.4, -0.2) is 47.8 Å². The number of hydrogen-bond donors (Lipinski definition) is 0. The number of amides is 2. The molecule has 2 amide bonds. The van der Waals surface area contributed by atoms with Crippen molar-refractivity contribution in [1.82, 2.24) is 9.80 Å². The number of piperidine rings is 1. The molecule has 2 rings (SSSR count). The van der Waals surface area contributed by atoms with Crippen LogP contribution >= 0.6 is 0 Å². The molecule has 2 heterocycles. The highest BCUT2D eigenvalue weighted by Crippen LogP contribution is 2.10. The van der Waals surface area contributed by atoms with E-state index in [1.54, 1.807) is 6.92 Å². The van der Waals surface area contributed by atoms with Crippen molar-refractivity contribution in [3.63, 3.8) is 0 Å². The molecule has 2 aliphatic heterocycles. The number of carbonyl (C=O) groups is 2. The zero-order valence-electron chi connectivity index (χ0n) is 12.6. The number of likely N-dealkylation sites (tertiary alicyclic amines) is 2. The van der Waals surface area contributed by atoms with Crippen LogP contribution in [0.4, 0.5) is 0 Å². The van der Waals surface area contributed by atoms with Gasteiger partial charge in [0.25, 0.3) is 0 Å². The van der Waals surface area contributed by atoms with Crippen LogP contribution < -0.4 is 0 Å². The number of rotatable bonds is 2. The van der Waals surface area contributed by atoms with Crippen LogP contribution in [0, 0.1) is 0 Å². The van der Waals surface area contributed by atoms with Gasteiger partial charge in [0.1, 0.15) is 0 Å². The molecule has 4 nitrogen and oxygen atoms in total. The fraction of sp³-hybridized carbons (Fsp3) is 0.625. The maximum absolute atomic E-state index is 11.3. The quantitative estimate of drug-likeness (QED) is 0.728. The Balaban J connectivity index is 0.000000204. The third kappa shape index (κ3) is 5.19. The molecule has 0 aromatic rings. The standard InChI is InChI=1S/C9H15NO.C7H11NO/c1-8(2)9(11)10-6-4-3-5-7-10;1-2-7(9)8-5-3-4-6-8/h1,3-7H2,2H3;2H,1,3-6H2. The van der Waals surface area contributed by atoms with Crippen LogP contribution in [0.2, 0.25) is 0 Å². The Morgan fingerprint density at radius 3 is 1.80 bits per heavy atom. The molecule has 2 fully saturated rings. The minimum atomic E-state index is 0.0764. The van der Waals surface area contributed by atoms with E-state index in [-0.39, 0.29) is 11.8 Å². The van der Waals surface area contributed by atoms with Gasteiger partial charge in [-0.3, -0.25) is 9.59 Å². The summed E-state index contributed by atoms with van der Waals surface area (Å²) in [6.07, 6.45) is 7.25. The monoisotopic (exact) mass is 278 g/mol. The summed E-state index contributed by atoms with van der Waals surface area (Å²) in [6.45, 7) is 12.5. The second-order valence-corrected chi connectivity index (χ2v) is 5.37. The Bertz CT molecular complexity index is 365. The topological polar surface area (TPSA) is 40.6 Å². The lowest BCUT2D eigenvalue weighted by Gasteiger charge is -2.26. The lowest BCUT2D eigenvalue weighted by molar-refractivity contribution is -0.128. The van der Waals surface area contributed by atoms with Gasteiger partial charge in [-0.05, 0) is 45.1 Å². The van der Waals surface area contributed by atoms with E-state index in [9.17, 15) is 9.59 Å². The predicted molar refractivity (Wildman–Crippen MR) is 81.3 cm³/mol. The molecule has 0 aliphatic carbocycles. The zero-order chi connectivity index (χ0) is 15.0. The van der Waals surface area contributed by atoms with Crippen LogP contribution in [0.5, 0.6) is 0 Å². The summed E-state index contributed by atoms with van der Waals surface area (Å²) < 4.78 is 0. The minimum Gasteiger partial charge on any atom is -0.339 e. The van der Waals surface area contributed by atoms with Crippen LogP contribution in [0.1, 0.15) is 39.0 Å². The maximum Gasteiger partial charge on any atom is 0.248 e. The Morgan fingerprint density at radius 1 is 0.900 bits per heavy atom. The summed E-state index contributed by atoms with van der Waals surface area (Å²) in [5, 5.41) is 0. The van der Waals surface area contributed by atoms with E-state index < -0.39 is 0 Å². The normalized spacial score (nSPS) is 18.1. The molecular formula is C16H26N2O2. The minimum absolute atomic E-state index is 0.0764. The van der Waals surface area contributed by atoms with Crippen LogP contribution in [-0.2, 0) is 9.59 Å². The van der Waals surface area contributed by atoms with Gasteiger partial charge < -0.3 is 9.80 Å². The van der Waals surface area contributed by atoms with Crippen LogP contribution in [0.15, 0.2) is 24.8 Å². The molecule has 2 saturated heterocycles. The van der Waals surface area contributed by atoms with Gasteiger partial charge in [-0.15, -0.1) is 0 Å². The van der Waals surface area contributed by atoms with Gasteiger partial charge in [0.05, 0.1) is 0 Å². The third-order valence-electron chi connectivity index (χ3n) is 3.60. The first-order chi connectivity index (χ1) is 9.56. The van der Waals surface area contributed by atoms with Crippen molar-refractivity contribution in [3.8, 4) is 0 Å². The summed E-state index contributed by atoms with van der Waals surface area (Å²) in [5.41, 5.74) is 0.659. The lowest BCUT2D eigenvalue weighted by Crippen LogP contribution is -2.35. The zero-order valence-corrected chi connectivity index (χ0v) is 12.6. The number of carbonyl (C=O) groups excluding carboxylic acids is 2. The van der Waals surface area contributed by atoms with Crippen molar-refractivity contribution in [1.29, 1.82) is 0 Å². The van der Waals surface area contributed by atoms with E-state index in [1.807, 2.05) is 9.80 Å². The Labute approximate surface area is 122 Å². The Kier molecular flexibility index (Phi) is 7.05. The van der Waals surface area contributed by atoms with Crippen molar-refractivity contribution in [2.75, 3.05) is 26.2 Å². The predicted octanol–water partition coefficient (Wildman–Crippen LogP) is 2.37. The van der Waals surface area contributed by atoms with Gasteiger partial charge >= 0.3 is 0 Å². The molecule has 112 valence electrons. The second kappa shape index (κ2) is 8.56. The molecule has 0 aromatic heterocycles. The van der Waals surface area contributed by atoms with Gasteiger partial charge in [0, 0.05) is 31.8 Å². The van der Waals surface area contributed by atoms with Crippen molar-refractivity contribution in [2.45, 2.75) is 39.0 Å². The average Bonchev–Trinajstić information content (AvgIpc) is 3.01. The van der Waals surface area contributed by atoms with Crippen LogP contribution in [0.25, 0.3) is 0 Å². The van der Waals surface area contributed by atoms with E-state index in [2.05, 4.69) is 13.2 Å². The summed E-state index contributed by atoms with van der Waals surface area (Å²) in [7, 11) is 0. The van der Waals surface area contributed by atoms with E-state index >= 15 is 0 Å². The molecule has 0 bridgehead atoms. The first kappa shape index (κ1) is 16.5. The molecule has 4 heteroatoms. The first-order valence-electron chi connectivity index (χ1n) is 7.42. The number of nitrogens with zero attached hydrogens (tertiary/aromatic N) is 2. The highest BCUT2D eigenvalue weighted by atomic mass is 16.2. The SMILES string of the molecule is C=C(C)C(=O)N1CCCCC1.C=CC(=O)N1CCCC1. The van der Waals surface area contributed by atoms with Crippen LogP contribution in [0.3, 0.4) is 0 Å². The van der Waals surface area contributed by atoms with Gasteiger partial charge in [0.2, 0.25) is 11.8 Å². The van der Waals surface area contributed by atoms with Gasteiger partial charge in [-0.2, -0.15) is 0 Å². The fourth-order valence-corrected chi connectivity index (χ4v) is 2.43. The Hall–Kier alpha value is -1.58. The van der Waals surface area contributed by atoms with Crippen molar-refractivity contribution >= 4 is 11.8 Å². The molecule has 20 heavy (non-hydrogen) atoms. The van der Waals surface area contributed by atoms with Gasteiger partial charge in [0.15, 0.2) is 0 Å². The van der Waals surface area contributed by atoms with E-state index in [1.165, 1.54) is 12.5 Å². The summed E-state index contributed by atoms with van der Waals surface area (Å²) in [6, 6.07) is 0. The largest absolute Gasteiger partial charge is 0.339 e. The van der Waals surface area contributed by atoms with E-state index in [4.69, 9.17) is 0 Å². The molecule has 0 unspecified atom stereocenters. The molecule has 0 radical (unpaired) electrons. The van der Waals surface area contributed by atoms with Crippen molar-refractivity contribution < 1.29 is 9.59 Å². The molecule has 0 spiro atoms. The molecule has 0 N–H and O–H groups in total. The molecule has 0 atom stereocenters. The average molecular weight is 278 g/mol. The van der Waals surface area contributed by atoms with Crippen molar-refractivity contribution in [2.24, 2.45) is 0 Å². The molecule has 2 aliphatic rings. The number of hydrogen-bond acceptors (Lipinski definition) is 2. The smallest absolute Gasteiger partial charge is 0.248 e. The maximum atomic E-state index is 11.3.